The third kappa shape index (κ3) is 5.48. The molecule has 0 heteroatoms. The highest BCUT2D eigenvalue weighted by Gasteiger charge is 1.68. The van der Waals surface area contributed by atoms with Crippen LogP contribution in [0.25, 0.3) is 0 Å². The molecule has 0 aliphatic carbocycles. The average Bonchev–Trinajstić information content (AvgIpc) is 1.61. The van der Waals surface area contributed by atoms with Crippen LogP contribution in [0.15, 0.2) is 24.3 Å². The van der Waals surface area contributed by atoms with E-state index >= 15 is 0 Å². The molecular formula is C7H11. The third-order valence-corrected chi connectivity index (χ3v) is 0.573. The normalized spacial score (nSPS) is 10.0. The Kier molecular flexibility index (Phi) is 3.39. The standard InChI is InChI=1S/C7H11/c1-4-5-6-7(2)3/h4-6H,2H2,1,3H3/b6-5+. The lowest BCUT2D eigenvalue weighted by molar-refractivity contribution is 1.50. The van der Waals surface area contributed by atoms with Crippen LogP contribution in [0, 0.1) is 6.42 Å². The minimum atomic E-state index is 1.10. The zero-order chi connectivity index (χ0) is 5.70. The number of allylic oxidation sites excluding steroid dienone is 3. The highest BCUT2D eigenvalue weighted by molar-refractivity contribution is 5.13. The van der Waals surface area contributed by atoms with Crippen LogP contribution in [0.5, 0.6) is 0 Å². The van der Waals surface area contributed by atoms with E-state index < -0.39 is 0 Å². The number of hydrogen-bond donors (Lipinski definition) is 0. The van der Waals surface area contributed by atoms with Crippen molar-refractivity contribution in [1.29, 1.82) is 0 Å². The lowest BCUT2D eigenvalue weighted by Gasteiger charge is -1.79. The Labute approximate surface area is 45.5 Å². The second-order valence-electron chi connectivity index (χ2n) is 1.54. The zero-order valence-electron chi connectivity index (χ0n) is 4.94. The molecule has 0 aromatic heterocycles. The maximum atomic E-state index is 3.69. The smallest absolute Gasteiger partial charge is 0.0198 e. The fourth-order valence-electron chi connectivity index (χ4n) is 0.260. The first-order valence-corrected chi connectivity index (χ1v) is 2.39. The Morgan fingerprint density at radius 1 is 1.57 bits per heavy atom. The molecule has 0 saturated heterocycles. The van der Waals surface area contributed by atoms with E-state index in [1.165, 1.54) is 0 Å². The van der Waals surface area contributed by atoms with Gasteiger partial charge in [-0.05, 0) is 13.3 Å². The van der Waals surface area contributed by atoms with E-state index in [-0.39, 0.29) is 0 Å². The summed E-state index contributed by atoms with van der Waals surface area (Å²) in [4.78, 5) is 0. The summed E-state index contributed by atoms with van der Waals surface area (Å²) in [5, 5.41) is 0. The molecule has 0 aliphatic rings. The molecular weight excluding hydrogens is 84.1 g/mol. The summed E-state index contributed by atoms with van der Waals surface area (Å²) in [6, 6.07) is 0. The van der Waals surface area contributed by atoms with Gasteiger partial charge in [-0.1, -0.05) is 31.2 Å². The first-order valence-electron chi connectivity index (χ1n) is 2.39. The van der Waals surface area contributed by atoms with Crippen molar-refractivity contribution in [3.63, 3.8) is 0 Å². The van der Waals surface area contributed by atoms with Crippen LogP contribution in [-0.2, 0) is 0 Å². The molecule has 0 saturated carbocycles. The van der Waals surface area contributed by atoms with E-state index in [1.54, 1.807) is 0 Å². The second kappa shape index (κ2) is 3.66. The van der Waals surface area contributed by atoms with E-state index in [2.05, 4.69) is 6.58 Å². The summed E-state index contributed by atoms with van der Waals surface area (Å²) >= 11 is 0. The number of rotatable bonds is 2. The summed E-state index contributed by atoms with van der Waals surface area (Å²) in [6.07, 6.45) is 5.93. The maximum absolute atomic E-state index is 3.69. The van der Waals surface area contributed by atoms with Crippen LogP contribution in [0.1, 0.15) is 13.8 Å². The fourth-order valence-corrected chi connectivity index (χ4v) is 0.260. The maximum Gasteiger partial charge on any atom is -0.0198 e. The van der Waals surface area contributed by atoms with Crippen LogP contribution < -0.4 is 0 Å². The largest absolute Gasteiger partial charge is 0.0961 e. The molecule has 7 heavy (non-hydrogen) atoms. The Balaban J connectivity index is 3.26. The number of hydrogen-bond acceptors (Lipinski definition) is 0. The Morgan fingerprint density at radius 2 is 2.14 bits per heavy atom. The lowest BCUT2D eigenvalue weighted by Crippen LogP contribution is -1.59. The molecule has 0 atom stereocenters. The average molecular weight is 95.2 g/mol. The van der Waals surface area contributed by atoms with Gasteiger partial charge in [0, 0.05) is 0 Å². The van der Waals surface area contributed by atoms with Crippen molar-refractivity contribution in [2.75, 3.05) is 0 Å². The van der Waals surface area contributed by atoms with Crippen molar-refractivity contribution in [3.05, 3.63) is 30.7 Å². The first kappa shape index (κ1) is 6.48. The van der Waals surface area contributed by atoms with Gasteiger partial charge in [0.05, 0.1) is 0 Å². The molecule has 0 bridgehead atoms. The highest BCUT2D eigenvalue weighted by atomic mass is 13.7. The van der Waals surface area contributed by atoms with Crippen molar-refractivity contribution in [3.8, 4) is 0 Å². The predicted molar refractivity (Wildman–Crippen MR) is 33.9 cm³/mol. The molecule has 0 nitrogen and oxygen atoms in total. The first-order chi connectivity index (χ1) is 3.27. The Bertz CT molecular complexity index is 78.0. The molecule has 0 heterocycles. The summed E-state index contributed by atoms with van der Waals surface area (Å²) in [6.45, 7) is 7.64. The molecule has 0 aromatic rings. The van der Waals surface area contributed by atoms with Gasteiger partial charge in [0.25, 0.3) is 0 Å². The Hall–Kier alpha value is -0.520. The molecule has 0 spiro atoms. The van der Waals surface area contributed by atoms with E-state index in [1.807, 2.05) is 32.4 Å². The van der Waals surface area contributed by atoms with E-state index in [9.17, 15) is 0 Å². The topological polar surface area (TPSA) is 0 Å². The van der Waals surface area contributed by atoms with Gasteiger partial charge in [0.1, 0.15) is 0 Å². The summed E-state index contributed by atoms with van der Waals surface area (Å²) in [5.74, 6) is 0. The van der Waals surface area contributed by atoms with Crippen LogP contribution in [-0.4, -0.2) is 0 Å². The van der Waals surface area contributed by atoms with Crippen molar-refractivity contribution in [1.82, 2.24) is 0 Å². The van der Waals surface area contributed by atoms with Gasteiger partial charge >= 0.3 is 0 Å². The summed E-state index contributed by atoms with van der Waals surface area (Å²) in [5.41, 5.74) is 1.10. The lowest BCUT2D eigenvalue weighted by atomic mass is 10.3. The van der Waals surface area contributed by atoms with Gasteiger partial charge in [0.15, 0.2) is 0 Å². The molecule has 0 N–H and O–H groups in total. The van der Waals surface area contributed by atoms with E-state index in [4.69, 9.17) is 0 Å². The van der Waals surface area contributed by atoms with Crippen LogP contribution >= 0.6 is 0 Å². The van der Waals surface area contributed by atoms with Crippen LogP contribution in [0.3, 0.4) is 0 Å². The highest BCUT2D eigenvalue weighted by Crippen LogP contribution is 1.88. The predicted octanol–water partition coefficient (Wildman–Crippen LogP) is 2.34. The molecule has 0 rings (SSSR count). The van der Waals surface area contributed by atoms with Gasteiger partial charge in [-0.3, -0.25) is 0 Å². The van der Waals surface area contributed by atoms with E-state index in [0.717, 1.165) is 5.57 Å². The van der Waals surface area contributed by atoms with Gasteiger partial charge in [-0.15, -0.1) is 0 Å². The van der Waals surface area contributed by atoms with Gasteiger partial charge in [-0.2, -0.15) is 0 Å². The zero-order valence-corrected chi connectivity index (χ0v) is 4.94. The molecule has 39 valence electrons. The molecule has 0 unspecified atom stereocenters. The van der Waals surface area contributed by atoms with Crippen molar-refractivity contribution in [2.45, 2.75) is 13.8 Å². The minimum Gasteiger partial charge on any atom is -0.0961 e. The fraction of sp³-hybridized carbons (Fsp3) is 0.286. The van der Waals surface area contributed by atoms with Crippen molar-refractivity contribution < 1.29 is 0 Å². The molecule has 0 fully saturated rings. The van der Waals surface area contributed by atoms with Crippen LogP contribution in [0.2, 0.25) is 0 Å². The van der Waals surface area contributed by atoms with Gasteiger partial charge in [0.2, 0.25) is 0 Å². The third-order valence-electron chi connectivity index (χ3n) is 0.573. The Morgan fingerprint density at radius 3 is 2.29 bits per heavy atom. The van der Waals surface area contributed by atoms with Crippen LogP contribution in [0.4, 0.5) is 0 Å². The molecule has 0 amide bonds. The summed E-state index contributed by atoms with van der Waals surface area (Å²) in [7, 11) is 0. The van der Waals surface area contributed by atoms with Crippen molar-refractivity contribution >= 4 is 0 Å². The quantitative estimate of drug-likeness (QED) is 0.462. The van der Waals surface area contributed by atoms with Crippen molar-refractivity contribution in [2.24, 2.45) is 0 Å². The monoisotopic (exact) mass is 95.1 g/mol. The minimum absolute atomic E-state index is 1.10. The summed E-state index contributed by atoms with van der Waals surface area (Å²) < 4.78 is 0. The molecule has 0 aromatic carbocycles. The van der Waals surface area contributed by atoms with E-state index in [0.29, 0.717) is 0 Å². The van der Waals surface area contributed by atoms with Gasteiger partial charge in [-0.25, -0.2) is 0 Å². The second-order valence-corrected chi connectivity index (χ2v) is 1.54. The van der Waals surface area contributed by atoms with Gasteiger partial charge < -0.3 is 0 Å². The molecule has 0 aliphatic heterocycles. The molecule has 1 radical (unpaired) electrons. The SMILES string of the molecule is C=C(C)/C=C/[CH]C.